The van der Waals surface area contributed by atoms with E-state index >= 15 is 0 Å². The number of aliphatic hydroxyl groups excluding tert-OH is 4. The maximum absolute atomic E-state index is 11.1. The summed E-state index contributed by atoms with van der Waals surface area (Å²) in [5.74, 6) is 0.341. The number of hydrogen-bond acceptors (Lipinski definition) is 4. The highest BCUT2D eigenvalue weighted by atomic mass is 16.3. The second-order valence-electron chi connectivity index (χ2n) is 10.0. The highest BCUT2D eigenvalue weighted by Gasteiger charge is 2.54. The maximum atomic E-state index is 11.1. The first-order valence-corrected chi connectivity index (χ1v) is 11.2. The maximum Gasteiger partial charge on any atom is 0.0708 e. The van der Waals surface area contributed by atoms with Gasteiger partial charge in [0.1, 0.15) is 0 Å². The average Bonchev–Trinajstić information content (AvgIpc) is 3.01. The monoisotopic (exact) mass is 400 g/mol. The van der Waals surface area contributed by atoms with E-state index in [1.54, 1.807) is 0 Å². The fourth-order valence-corrected chi connectivity index (χ4v) is 6.96. The predicted octanol–water partition coefficient (Wildman–Crippen LogP) is 3.18. The minimum absolute atomic E-state index is 0.0215. The van der Waals surface area contributed by atoms with Crippen molar-refractivity contribution < 1.29 is 20.4 Å². The van der Waals surface area contributed by atoms with Gasteiger partial charge in [-0.2, -0.15) is 0 Å². The van der Waals surface area contributed by atoms with Crippen molar-refractivity contribution in [1.29, 1.82) is 0 Å². The molecule has 0 radical (unpaired) electrons. The van der Waals surface area contributed by atoms with E-state index < -0.39 is 11.5 Å². The summed E-state index contributed by atoms with van der Waals surface area (Å²) in [4.78, 5) is 0. The van der Waals surface area contributed by atoms with Gasteiger partial charge in [-0.1, -0.05) is 48.4 Å². The third-order valence-electron chi connectivity index (χ3n) is 8.88. The predicted molar refractivity (Wildman–Crippen MR) is 113 cm³/mol. The van der Waals surface area contributed by atoms with Gasteiger partial charge in [-0.3, -0.25) is 0 Å². The van der Waals surface area contributed by atoms with Gasteiger partial charge in [-0.25, -0.2) is 0 Å². The molecule has 160 valence electrons. The average molecular weight is 401 g/mol. The molecule has 0 heterocycles. The molecule has 3 aliphatic rings. The van der Waals surface area contributed by atoms with E-state index in [0.717, 1.165) is 31.2 Å². The molecule has 0 unspecified atom stereocenters. The molecule has 4 heteroatoms. The van der Waals surface area contributed by atoms with Crippen LogP contribution in [0.5, 0.6) is 0 Å². The third-order valence-corrected chi connectivity index (χ3v) is 8.88. The molecule has 0 spiro atoms. The standard InChI is InChI=1S/C25H36O4/c1-24(11-10-18(28)12-17(24)14-26)21-8-9-22-19(20(21)15-27)13-23(29)25(22,2)16-6-4-3-5-7-16/h3-7,17-18,20-21,23,26-29H,8-15H2,1-2H3/t17-,18+,20+,21+,23-,24-,25+/m1/s1. The zero-order valence-corrected chi connectivity index (χ0v) is 17.7. The third kappa shape index (κ3) is 3.20. The molecule has 7 atom stereocenters. The smallest absolute Gasteiger partial charge is 0.0708 e. The normalized spacial score (nSPS) is 42.8. The van der Waals surface area contributed by atoms with E-state index in [-0.39, 0.29) is 42.5 Å². The molecule has 0 aliphatic heterocycles. The summed E-state index contributed by atoms with van der Waals surface area (Å²) in [5, 5.41) is 41.8. The van der Waals surface area contributed by atoms with Crippen molar-refractivity contribution in [1.82, 2.24) is 0 Å². The highest BCUT2D eigenvalue weighted by Crippen LogP contribution is 2.59. The molecule has 4 N–H and O–H groups in total. The molecular weight excluding hydrogens is 364 g/mol. The number of aliphatic hydroxyl groups is 4. The van der Waals surface area contributed by atoms with Crippen LogP contribution in [0.4, 0.5) is 0 Å². The first-order chi connectivity index (χ1) is 13.9. The van der Waals surface area contributed by atoms with Crippen LogP contribution in [-0.4, -0.2) is 45.8 Å². The Morgan fingerprint density at radius 2 is 1.72 bits per heavy atom. The fourth-order valence-electron chi connectivity index (χ4n) is 6.96. The summed E-state index contributed by atoms with van der Waals surface area (Å²) in [7, 11) is 0. The van der Waals surface area contributed by atoms with Crippen LogP contribution in [0, 0.1) is 23.2 Å². The second-order valence-corrected chi connectivity index (χ2v) is 10.0. The van der Waals surface area contributed by atoms with E-state index in [9.17, 15) is 20.4 Å². The van der Waals surface area contributed by atoms with Gasteiger partial charge >= 0.3 is 0 Å². The minimum atomic E-state index is -0.475. The lowest BCUT2D eigenvalue weighted by molar-refractivity contribution is -0.0641. The van der Waals surface area contributed by atoms with E-state index in [1.807, 2.05) is 18.2 Å². The minimum Gasteiger partial charge on any atom is -0.396 e. The summed E-state index contributed by atoms with van der Waals surface area (Å²) in [5.41, 5.74) is 3.21. The lowest BCUT2D eigenvalue weighted by Gasteiger charge is -2.52. The van der Waals surface area contributed by atoms with Gasteiger partial charge in [0, 0.05) is 24.5 Å². The summed E-state index contributed by atoms with van der Waals surface area (Å²) >= 11 is 0. The summed E-state index contributed by atoms with van der Waals surface area (Å²) in [6.45, 7) is 4.57. The SMILES string of the molecule is C[C@@]1([C@H]2CCC3=C(C[C@@H](O)[C@@]3(C)c3ccccc3)[C@@H]2CO)CC[C@H](O)C[C@@H]1CO. The number of benzene rings is 1. The molecule has 1 aromatic carbocycles. The Bertz CT molecular complexity index is 759. The number of rotatable bonds is 4. The van der Waals surface area contributed by atoms with E-state index in [2.05, 4.69) is 26.0 Å². The molecule has 4 nitrogen and oxygen atoms in total. The molecule has 4 rings (SSSR count). The Balaban J connectivity index is 1.71. The molecular formula is C25H36O4. The van der Waals surface area contributed by atoms with Crippen LogP contribution >= 0.6 is 0 Å². The Hall–Kier alpha value is -1.20. The fraction of sp³-hybridized carbons (Fsp3) is 0.680. The quantitative estimate of drug-likeness (QED) is 0.585. The van der Waals surface area contributed by atoms with Crippen molar-refractivity contribution in [3.63, 3.8) is 0 Å². The Morgan fingerprint density at radius 3 is 2.38 bits per heavy atom. The van der Waals surface area contributed by atoms with Crippen molar-refractivity contribution in [2.75, 3.05) is 13.2 Å². The lowest BCUT2D eigenvalue weighted by atomic mass is 9.53. The molecule has 3 aliphatic carbocycles. The van der Waals surface area contributed by atoms with E-state index in [1.165, 1.54) is 11.1 Å². The van der Waals surface area contributed by atoms with Gasteiger partial charge in [0.2, 0.25) is 0 Å². The molecule has 1 fully saturated rings. The van der Waals surface area contributed by atoms with Crippen LogP contribution in [0.2, 0.25) is 0 Å². The molecule has 0 bridgehead atoms. The van der Waals surface area contributed by atoms with E-state index in [0.29, 0.717) is 12.8 Å². The van der Waals surface area contributed by atoms with Crippen molar-refractivity contribution >= 4 is 0 Å². The Labute approximate surface area is 174 Å². The van der Waals surface area contributed by atoms with Gasteiger partial charge in [-0.05, 0) is 68.3 Å². The first-order valence-electron chi connectivity index (χ1n) is 11.2. The van der Waals surface area contributed by atoms with Gasteiger partial charge < -0.3 is 20.4 Å². The molecule has 0 aromatic heterocycles. The lowest BCUT2D eigenvalue weighted by Crippen LogP contribution is -2.48. The zero-order chi connectivity index (χ0) is 20.8. The summed E-state index contributed by atoms with van der Waals surface area (Å²) in [6.07, 6.45) is 3.97. The summed E-state index contributed by atoms with van der Waals surface area (Å²) < 4.78 is 0. The first kappa shape index (κ1) is 21.0. The summed E-state index contributed by atoms with van der Waals surface area (Å²) in [6, 6.07) is 10.3. The van der Waals surface area contributed by atoms with Crippen molar-refractivity contribution in [3.05, 3.63) is 47.0 Å². The number of hydrogen-bond donors (Lipinski definition) is 4. The molecule has 0 saturated heterocycles. The van der Waals surface area contributed by atoms with Crippen molar-refractivity contribution in [2.24, 2.45) is 23.2 Å². The van der Waals surface area contributed by atoms with Crippen molar-refractivity contribution in [2.45, 2.75) is 70.0 Å². The van der Waals surface area contributed by atoms with Crippen molar-refractivity contribution in [3.8, 4) is 0 Å². The molecule has 0 amide bonds. The van der Waals surface area contributed by atoms with Crippen LogP contribution in [0.3, 0.4) is 0 Å². The van der Waals surface area contributed by atoms with Crippen LogP contribution in [0.25, 0.3) is 0 Å². The molecule has 29 heavy (non-hydrogen) atoms. The highest BCUT2D eigenvalue weighted by molar-refractivity contribution is 5.46. The molecule has 1 saturated carbocycles. The topological polar surface area (TPSA) is 80.9 Å². The second kappa shape index (κ2) is 7.81. The van der Waals surface area contributed by atoms with Crippen LogP contribution in [0.15, 0.2) is 41.5 Å². The van der Waals surface area contributed by atoms with Gasteiger partial charge in [-0.15, -0.1) is 0 Å². The van der Waals surface area contributed by atoms with Crippen LogP contribution in [-0.2, 0) is 5.41 Å². The van der Waals surface area contributed by atoms with Gasteiger partial charge in [0.15, 0.2) is 0 Å². The Morgan fingerprint density at radius 1 is 1.00 bits per heavy atom. The van der Waals surface area contributed by atoms with Crippen LogP contribution in [0.1, 0.15) is 57.9 Å². The Kier molecular flexibility index (Phi) is 5.67. The van der Waals surface area contributed by atoms with Gasteiger partial charge in [0.25, 0.3) is 0 Å². The largest absolute Gasteiger partial charge is 0.396 e. The molecule has 1 aromatic rings. The van der Waals surface area contributed by atoms with Gasteiger partial charge in [0.05, 0.1) is 12.2 Å². The van der Waals surface area contributed by atoms with Crippen LogP contribution < -0.4 is 0 Å². The van der Waals surface area contributed by atoms with E-state index in [4.69, 9.17) is 0 Å². The zero-order valence-electron chi connectivity index (χ0n) is 17.7.